The molecule has 1 unspecified atom stereocenters. The van der Waals surface area contributed by atoms with E-state index in [2.05, 4.69) is 12.0 Å². The molecular weight excluding hydrogens is 176 g/mol. The monoisotopic (exact) mass is 194 g/mol. The number of hydrogen-bond donors (Lipinski definition) is 0. The maximum atomic E-state index is 5.50. The third-order valence-corrected chi connectivity index (χ3v) is 2.14. The van der Waals surface area contributed by atoms with Crippen molar-refractivity contribution in [2.75, 3.05) is 13.2 Å². The highest BCUT2D eigenvalue weighted by molar-refractivity contribution is 4.90. The Morgan fingerprint density at radius 2 is 2.36 bits per heavy atom. The van der Waals surface area contributed by atoms with Crippen LogP contribution < -0.4 is 0 Å². The molecule has 14 heavy (non-hydrogen) atoms. The molecule has 1 rings (SSSR count). The number of hydrogen-bond acceptors (Lipinski definition) is 2. The molecule has 0 radical (unpaired) electrons. The van der Waals surface area contributed by atoms with Crippen molar-refractivity contribution in [3.63, 3.8) is 0 Å². The Morgan fingerprint density at radius 1 is 1.43 bits per heavy atom. The number of ether oxygens (including phenoxy) is 2. The molecule has 0 aromatic rings. The topological polar surface area (TPSA) is 18.5 Å². The highest BCUT2D eigenvalue weighted by Crippen LogP contribution is 2.13. The van der Waals surface area contributed by atoms with Crippen LogP contribution in [-0.4, -0.2) is 19.5 Å². The van der Waals surface area contributed by atoms with Gasteiger partial charge in [0.1, 0.15) is 0 Å². The molecule has 0 bridgehead atoms. The van der Waals surface area contributed by atoms with Crippen molar-refractivity contribution in [1.82, 2.24) is 0 Å². The van der Waals surface area contributed by atoms with Gasteiger partial charge in [0.05, 0.1) is 6.61 Å². The summed E-state index contributed by atoms with van der Waals surface area (Å²) in [6.45, 7) is 1.47. The second kappa shape index (κ2) is 7.61. The summed E-state index contributed by atoms with van der Waals surface area (Å²) in [6.07, 6.45) is 14.3. The molecule has 2 nitrogen and oxygen atoms in total. The summed E-state index contributed by atoms with van der Waals surface area (Å²) in [7, 11) is 0. The van der Waals surface area contributed by atoms with Crippen LogP contribution in [0.3, 0.4) is 0 Å². The van der Waals surface area contributed by atoms with E-state index in [0.717, 1.165) is 32.3 Å². The first-order valence-electron chi connectivity index (χ1n) is 5.25. The molecular formula is C12H18O2. The zero-order valence-electron chi connectivity index (χ0n) is 8.58. The van der Waals surface area contributed by atoms with Crippen LogP contribution in [0, 0.1) is 12.3 Å². The lowest BCUT2D eigenvalue weighted by Crippen LogP contribution is -2.22. The highest BCUT2D eigenvalue weighted by atomic mass is 16.7. The Morgan fingerprint density at radius 3 is 3.07 bits per heavy atom. The Labute approximate surface area is 86.3 Å². The van der Waals surface area contributed by atoms with Gasteiger partial charge in [-0.05, 0) is 25.7 Å². The lowest BCUT2D eigenvalue weighted by Gasteiger charge is -2.21. The van der Waals surface area contributed by atoms with Crippen LogP contribution in [0.5, 0.6) is 0 Å². The van der Waals surface area contributed by atoms with Gasteiger partial charge in [0.25, 0.3) is 0 Å². The summed E-state index contributed by atoms with van der Waals surface area (Å²) in [6, 6.07) is 0. The van der Waals surface area contributed by atoms with Crippen LogP contribution in [0.25, 0.3) is 0 Å². The first kappa shape index (κ1) is 11.3. The lowest BCUT2D eigenvalue weighted by molar-refractivity contribution is -0.155. The van der Waals surface area contributed by atoms with Crippen LogP contribution in [0.2, 0.25) is 0 Å². The van der Waals surface area contributed by atoms with Crippen molar-refractivity contribution in [1.29, 1.82) is 0 Å². The van der Waals surface area contributed by atoms with E-state index in [-0.39, 0.29) is 6.29 Å². The molecule has 0 aromatic carbocycles. The minimum atomic E-state index is 0.0148. The number of terminal acetylenes is 1. The molecule has 1 saturated heterocycles. The fourth-order valence-corrected chi connectivity index (χ4v) is 1.36. The molecule has 0 spiro atoms. The smallest absolute Gasteiger partial charge is 0.157 e. The van der Waals surface area contributed by atoms with E-state index in [9.17, 15) is 0 Å². The van der Waals surface area contributed by atoms with Crippen molar-refractivity contribution >= 4 is 0 Å². The van der Waals surface area contributed by atoms with Crippen LogP contribution in [0.4, 0.5) is 0 Å². The van der Waals surface area contributed by atoms with Crippen molar-refractivity contribution in [3.05, 3.63) is 12.2 Å². The minimum absolute atomic E-state index is 0.0148. The summed E-state index contributed by atoms with van der Waals surface area (Å²) >= 11 is 0. The van der Waals surface area contributed by atoms with Crippen LogP contribution in [0.1, 0.15) is 32.1 Å². The Kier molecular flexibility index (Phi) is 6.14. The van der Waals surface area contributed by atoms with Gasteiger partial charge in [-0.2, -0.15) is 0 Å². The van der Waals surface area contributed by atoms with Crippen molar-refractivity contribution < 1.29 is 9.47 Å². The van der Waals surface area contributed by atoms with Gasteiger partial charge in [-0.3, -0.25) is 0 Å². The van der Waals surface area contributed by atoms with E-state index in [0.29, 0.717) is 6.61 Å². The molecule has 0 saturated carbocycles. The second-order valence-electron chi connectivity index (χ2n) is 3.34. The van der Waals surface area contributed by atoms with Gasteiger partial charge in [0, 0.05) is 13.0 Å². The molecule has 0 aromatic heterocycles. The summed E-state index contributed by atoms with van der Waals surface area (Å²) < 4.78 is 10.9. The number of allylic oxidation sites excluding steroid dienone is 1. The average Bonchev–Trinajstić information content (AvgIpc) is 2.25. The molecule has 0 N–H and O–H groups in total. The highest BCUT2D eigenvalue weighted by Gasteiger charge is 2.12. The van der Waals surface area contributed by atoms with Gasteiger partial charge in [-0.25, -0.2) is 0 Å². The quantitative estimate of drug-likeness (QED) is 0.380. The van der Waals surface area contributed by atoms with Gasteiger partial charge in [0.2, 0.25) is 0 Å². The van der Waals surface area contributed by atoms with Gasteiger partial charge < -0.3 is 9.47 Å². The van der Waals surface area contributed by atoms with E-state index >= 15 is 0 Å². The summed E-state index contributed by atoms with van der Waals surface area (Å²) in [4.78, 5) is 0. The van der Waals surface area contributed by atoms with Gasteiger partial charge in [-0.15, -0.1) is 12.3 Å². The Hall–Kier alpha value is -0.780. The molecule has 2 heteroatoms. The normalized spacial score (nSPS) is 22.4. The summed E-state index contributed by atoms with van der Waals surface area (Å²) in [5.41, 5.74) is 0. The second-order valence-corrected chi connectivity index (χ2v) is 3.34. The summed E-state index contributed by atoms with van der Waals surface area (Å²) in [5, 5.41) is 0. The first-order valence-corrected chi connectivity index (χ1v) is 5.25. The molecule has 0 amide bonds. The van der Waals surface area contributed by atoms with Crippen LogP contribution in [0.15, 0.2) is 12.2 Å². The van der Waals surface area contributed by atoms with E-state index in [1.54, 1.807) is 0 Å². The lowest BCUT2D eigenvalue weighted by atomic mass is 10.2. The predicted molar refractivity (Wildman–Crippen MR) is 56.8 cm³/mol. The number of unbranched alkanes of at least 4 members (excludes halogenated alkanes) is 1. The van der Waals surface area contributed by atoms with Gasteiger partial charge >= 0.3 is 0 Å². The molecule has 1 fully saturated rings. The van der Waals surface area contributed by atoms with Crippen molar-refractivity contribution in [3.8, 4) is 12.3 Å². The predicted octanol–water partition coefficient (Wildman–Crippen LogP) is 2.50. The van der Waals surface area contributed by atoms with Crippen LogP contribution in [-0.2, 0) is 9.47 Å². The molecule has 1 atom stereocenters. The minimum Gasteiger partial charge on any atom is -0.353 e. The largest absolute Gasteiger partial charge is 0.353 e. The van der Waals surface area contributed by atoms with Crippen molar-refractivity contribution in [2.45, 2.75) is 38.4 Å². The molecule has 1 aliphatic heterocycles. The van der Waals surface area contributed by atoms with E-state index in [1.165, 1.54) is 6.42 Å². The van der Waals surface area contributed by atoms with E-state index in [4.69, 9.17) is 15.9 Å². The van der Waals surface area contributed by atoms with Crippen molar-refractivity contribution in [2.24, 2.45) is 0 Å². The fourth-order valence-electron chi connectivity index (χ4n) is 1.36. The first-order chi connectivity index (χ1) is 6.93. The average molecular weight is 194 g/mol. The molecule has 0 aliphatic carbocycles. The third kappa shape index (κ3) is 5.06. The maximum absolute atomic E-state index is 5.50. The fraction of sp³-hybridized carbons (Fsp3) is 0.667. The van der Waals surface area contributed by atoms with Gasteiger partial charge in [0.15, 0.2) is 6.29 Å². The third-order valence-electron chi connectivity index (χ3n) is 2.14. The zero-order chi connectivity index (χ0) is 10.1. The SMILES string of the molecule is C#CCC/C=C\COC1CCCCO1. The molecule has 1 heterocycles. The zero-order valence-corrected chi connectivity index (χ0v) is 8.58. The number of rotatable bonds is 5. The molecule has 78 valence electrons. The van der Waals surface area contributed by atoms with E-state index < -0.39 is 0 Å². The maximum Gasteiger partial charge on any atom is 0.157 e. The van der Waals surface area contributed by atoms with E-state index in [1.807, 2.05) is 6.08 Å². The molecule has 1 aliphatic rings. The summed E-state index contributed by atoms with van der Waals surface area (Å²) in [5.74, 6) is 2.59. The Bertz CT molecular complexity index is 197. The Balaban J connectivity index is 1.97. The van der Waals surface area contributed by atoms with Gasteiger partial charge in [-0.1, -0.05) is 12.2 Å². The van der Waals surface area contributed by atoms with Crippen LogP contribution >= 0.6 is 0 Å². The standard InChI is InChI=1S/C12H18O2/c1-2-3-4-5-7-10-13-12-9-6-8-11-14-12/h1,5,7,12H,3-4,6,8-11H2/b7-5-.